The summed E-state index contributed by atoms with van der Waals surface area (Å²) >= 11 is 0. The Labute approximate surface area is 186 Å². The van der Waals surface area contributed by atoms with Crippen molar-refractivity contribution < 1.29 is 5.11 Å². The van der Waals surface area contributed by atoms with Crippen LogP contribution in [-0.2, 0) is 19.3 Å². The quantitative estimate of drug-likeness (QED) is 0.491. The summed E-state index contributed by atoms with van der Waals surface area (Å²) < 4.78 is 0. The molecule has 3 nitrogen and oxygen atoms in total. The van der Waals surface area contributed by atoms with Gasteiger partial charge in [0.15, 0.2) is 0 Å². The first-order chi connectivity index (χ1) is 15.3. The number of nitrogens with zero attached hydrogens (tertiary/aromatic N) is 2. The van der Waals surface area contributed by atoms with Gasteiger partial charge in [0.1, 0.15) is 5.75 Å². The smallest absolute Gasteiger partial charge is 0.115 e. The lowest BCUT2D eigenvalue weighted by molar-refractivity contribution is 0.333. The molecule has 0 amide bonds. The zero-order valence-electron chi connectivity index (χ0n) is 18.2. The first-order valence-corrected chi connectivity index (χ1v) is 11.4. The van der Waals surface area contributed by atoms with Crippen molar-refractivity contribution in [2.45, 2.75) is 38.5 Å². The van der Waals surface area contributed by atoms with E-state index in [-0.39, 0.29) is 0 Å². The number of benzene rings is 2. The predicted octanol–water partition coefficient (Wildman–Crippen LogP) is 5.68. The number of pyridine rings is 1. The Bertz CT molecular complexity index is 956. The predicted molar refractivity (Wildman–Crippen MR) is 128 cm³/mol. The Morgan fingerprint density at radius 1 is 0.903 bits per heavy atom. The van der Waals surface area contributed by atoms with Gasteiger partial charge in [-0.15, -0.1) is 0 Å². The maximum Gasteiger partial charge on any atom is 0.115 e. The van der Waals surface area contributed by atoms with Crippen LogP contribution in [0.5, 0.6) is 5.75 Å². The van der Waals surface area contributed by atoms with Crippen molar-refractivity contribution in [3.63, 3.8) is 0 Å². The number of allylic oxidation sites excluding steroid dienone is 2. The first-order valence-electron chi connectivity index (χ1n) is 11.4. The van der Waals surface area contributed by atoms with E-state index < -0.39 is 0 Å². The highest BCUT2D eigenvalue weighted by Gasteiger charge is 2.10. The molecule has 160 valence electrons. The summed E-state index contributed by atoms with van der Waals surface area (Å²) in [5.74, 6) is 0.306. The van der Waals surface area contributed by atoms with E-state index in [1.807, 2.05) is 24.4 Å². The van der Waals surface area contributed by atoms with E-state index in [1.54, 1.807) is 12.1 Å². The molecule has 4 rings (SSSR count). The van der Waals surface area contributed by atoms with Crippen LogP contribution in [0.3, 0.4) is 0 Å². The number of hydrogen-bond donors (Lipinski definition) is 1. The molecular weight excluding hydrogens is 380 g/mol. The van der Waals surface area contributed by atoms with Gasteiger partial charge in [-0.3, -0.25) is 4.98 Å². The average molecular weight is 413 g/mol. The molecule has 0 saturated carbocycles. The van der Waals surface area contributed by atoms with Crippen molar-refractivity contribution in [1.82, 2.24) is 9.88 Å². The van der Waals surface area contributed by atoms with Crippen LogP contribution in [0.15, 0.2) is 79.0 Å². The molecule has 1 aliphatic rings. The Morgan fingerprint density at radius 2 is 1.65 bits per heavy atom. The van der Waals surface area contributed by atoms with Crippen LogP contribution in [0, 0.1) is 0 Å². The van der Waals surface area contributed by atoms with Crippen LogP contribution in [0.2, 0.25) is 0 Å². The molecule has 1 N–H and O–H groups in total. The molecule has 0 aliphatic carbocycles. The summed E-state index contributed by atoms with van der Waals surface area (Å²) in [5, 5.41) is 9.57. The number of aromatic nitrogens is 1. The van der Waals surface area contributed by atoms with Gasteiger partial charge in [-0.2, -0.15) is 0 Å². The number of aryl methyl sites for hydroxylation is 1. The second-order valence-corrected chi connectivity index (χ2v) is 8.45. The molecule has 1 aromatic heterocycles. The number of phenolic OH excluding ortho intramolecular Hbond substituents is 1. The number of hydrogen-bond acceptors (Lipinski definition) is 3. The van der Waals surface area contributed by atoms with Crippen molar-refractivity contribution in [2.75, 3.05) is 19.6 Å². The summed E-state index contributed by atoms with van der Waals surface area (Å²) in [7, 11) is 0. The summed E-state index contributed by atoms with van der Waals surface area (Å²) in [6.07, 6.45) is 11.0. The molecule has 2 heterocycles. The van der Waals surface area contributed by atoms with E-state index in [9.17, 15) is 5.11 Å². The summed E-state index contributed by atoms with van der Waals surface area (Å²) in [6.45, 7) is 3.74. The normalized spacial score (nSPS) is 14.8. The molecule has 1 fully saturated rings. The highest BCUT2D eigenvalue weighted by molar-refractivity contribution is 5.68. The molecule has 0 unspecified atom stereocenters. The van der Waals surface area contributed by atoms with Crippen LogP contribution < -0.4 is 0 Å². The molecule has 3 aromatic rings. The number of aromatic hydroxyl groups is 1. The third-order valence-electron chi connectivity index (χ3n) is 6.05. The Hall–Kier alpha value is -2.91. The van der Waals surface area contributed by atoms with Crippen molar-refractivity contribution in [2.24, 2.45) is 0 Å². The molecule has 1 saturated heterocycles. The number of rotatable bonds is 9. The van der Waals surface area contributed by atoms with Crippen LogP contribution in [0.4, 0.5) is 0 Å². The Balaban J connectivity index is 1.38. The van der Waals surface area contributed by atoms with Crippen LogP contribution >= 0.6 is 0 Å². The van der Waals surface area contributed by atoms with Crippen molar-refractivity contribution in [1.29, 1.82) is 0 Å². The largest absolute Gasteiger partial charge is 0.508 e. The molecule has 1 aliphatic heterocycles. The summed E-state index contributed by atoms with van der Waals surface area (Å²) in [6, 6.07) is 22.4. The fraction of sp³-hybridized carbons (Fsp3) is 0.321. The van der Waals surface area contributed by atoms with Gasteiger partial charge in [-0.1, -0.05) is 54.6 Å². The maximum atomic E-state index is 9.57. The average Bonchev–Trinajstić information content (AvgIpc) is 3.33. The van der Waals surface area contributed by atoms with E-state index in [0.29, 0.717) is 5.75 Å². The van der Waals surface area contributed by atoms with Crippen LogP contribution in [0.25, 0.3) is 5.57 Å². The van der Waals surface area contributed by atoms with Gasteiger partial charge in [0.05, 0.1) is 0 Å². The van der Waals surface area contributed by atoms with Gasteiger partial charge in [-0.05, 0) is 98.6 Å². The minimum atomic E-state index is 0.306. The van der Waals surface area contributed by atoms with Crippen molar-refractivity contribution in [3.05, 3.63) is 101 Å². The Morgan fingerprint density at radius 3 is 2.35 bits per heavy atom. The molecule has 2 aromatic carbocycles. The van der Waals surface area contributed by atoms with Crippen LogP contribution in [-0.4, -0.2) is 34.6 Å². The van der Waals surface area contributed by atoms with Crippen molar-refractivity contribution in [3.8, 4) is 5.75 Å². The minimum Gasteiger partial charge on any atom is -0.508 e. The van der Waals surface area contributed by atoms with Gasteiger partial charge in [0, 0.05) is 11.9 Å². The monoisotopic (exact) mass is 412 g/mol. The number of phenols is 1. The van der Waals surface area contributed by atoms with E-state index in [0.717, 1.165) is 19.3 Å². The van der Waals surface area contributed by atoms with Crippen LogP contribution in [0.1, 0.15) is 41.6 Å². The highest BCUT2D eigenvalue weighted by atomic mass is 16.3. The first kappa shape index (κ1) is 21.3. The highest BCUT2D eigenvalue weighted by Crippen LogP contribution is 2.22. The second-order valence-electron chi connectivity index (χ2n) is 8.45. The fourth-order valence-corrected chi connectivity index (χ4v) is 4.23. The fourth-order valence-electron chi connectivity index (χ4n) is 4.23. The SMILES string of the molecule is Oc1ccc(CC(=CCc2ccc(CCCN3CCCC3)nc2)c2ccccc2)cc1. The van der Waals surface area contributed by atoms with Crippen molar-refractivity contribution >= 4 is 5.57 Å². The van der Waals surface area contributed by atoms with Gasteiger partial charge < -0.3 is 10.0 Å². The van der Waals surface area contributed by atoms with E-state index >= 15 is 0 Å². The maximum absolute atomic E-state index is 9.57. The number of likely N-dealkylation sites (tertiary alicyclic amines) is 1. The molecule has 0 bridgehead atoms. The summed E-state index contributed by atoms with van der Waals surface area (Å²) in [4.78, 5) is 7.28. The van der Waals surface area contributed by atoms with Gasteiger partial charge in [0.2, 0.25) is 0 Å². The standard InChI is InChI=1S/C28H32N2O/c31-28-16-12-23(13-17-28)21-26(25-7-2-1-3-8-25)14-10-24-11-15-27(29-22-24)9-6-20-30-18-4-5-19-30/h1-3,7-8,11-17,22,31H,4-6,9-10,18-21H2. The lowest BCUT2D eigenvalue weighted by Crippen LogP contribution is -2.20. The van der Waals surface area contributed by atoms with Gasteiger partial charge >= 0.3 is 0 Å². The third-order valence-corrected chi connectivity index (χ3v) is 6.05. The minimum absolute atomic E-state index is 0.306. The molecular formula is C28H32N2O. The molecule has 0 spiro atoms. The lowest BCUT2D eigenvalue weighted by atomic mass is 9.96. The topological polar surface area (TPSA) is 36.4 Å². The van der Waals surface area contributed by atoms with Gasteiger partial charge in [0.25, 0.3) is 0 Å². The van der Waals surface area contributed by atoms with E-state index in [1.165, 1.54) is 66.9 Å². The van der Waals surface area contributed by atoms with E-state index in [2.05, 4.69) is 47.4 Å². The zero-order chi connectivity index (χ0) is 21.3. The Kier molecular flexibility index (Phi) is 7.51. The third kappa shape index (κ3) is 6.53. The molecule has 0 atom stereocenters. The molecule has 31 heavy (non-hydrogen) atoms. The second kappa shape index (κ2) is 10.9. The molecule has 3 heteroatoms. The molecule has 0 radical (unpaired) electrons. The summed E-state index contributed by atoms with van der Waals surface area (Å²) in [5.41, 5.74) is 6.16. The zero-order valence-corrected chi connectivity index (χ0v) is 18.2. The lowest BCUT2D eigenvalue weighted by Gasteiger charge is -2.13. The van der Waals surface area contributed by atoms with E-state index in [4.69, 9.17) is 4.98 Å². The van der Waals surface area contributed by atoms with Gasteiger partial charge in [-0.25, -0.2) is 0 Å².